The maximum absolute atomic E-state index is 5.87. The largest absolute Gasteiger partial charge is 0.492 e. The van der Waals surface area contributed by atoms with E-state index in [0.717, 1.165) is 36.3 Å². The van der Waals surface area contributed by atoms with Gasteiger partial charge in [0.25, 0.3) is 0 Å². The molecule has 194 valence electrons. The van der Waals surface area contributed by atoms with E-state index >= 15 is 0 Å². The lowest BCUT2D eigenvalue weighted by molar-refractivity contribution is 0.239. The third kappa shape index (κ3) is 10.8. The Hall–Kier alpha value is -1.83. The summed E-state index contributed by atoms with van der Waals surface area (Å²) in [6.07, 6.45) is 25.2. The van der Waals surface area contributed by atoms with Gasteiger partial charge in [-0.3, -0.25) is 4.98 Å². The van der Waals surface area contributed by atoms with Crippen molar-refractivity contribution >= 4 is 0 Å². The van der Waals surface area contributed by atoms with E-state index in [1.165, 1.54) is 114 Å². The molecule has 3 rings (SSSR count). The minimum absolute atomic E-state index is 0.792. The van der Waals surface area contributed by atoms with E-state index < -0.39 is 0 Å². The van der Waals surface area contributed by atoms with Crippen LogP contribution in [0, 0.1) is 11.8 Å². The van der Waals surface area contributed by atoms with Gasteiger partial charge in [-0.25, -0.2) is 0 Å². The van der Waals surface area contributed by atoms with Crippen LogP contribution in [0.25, 0.3) is 11.3 Å². The molecule has 1 aliphatic rings. The van der Waals surface area contributed by atoms with Gasteiger partial charge in [0, 0.05) is 5.56 Å². The first-order valence-electron chi connectivity index (χ1n) is 15.0. The molecule has 0 bridgehead atoms. The number of ether oxygens (including phenoxy) is 1. The van der Waals surface area contributed by atoms with Crippen molar-refractivity contribution in [3.05, 3.63) is 48.2 Å². The molecule has 35 heavy (non-hydrogen) atoms. The number of pyridine rings is 1. The second kappa shape index (κ2) is 16.8. The van der Waals surface area contributed by atoms with Crippen molar-refractivity contribution in [2.45, 2.75) is 123 Å². The van der Waals surface area contributed by atoms with Crippen molar-refractivity contribution in [1.82, 2.24) is 4.98 Å². The zero-order valence-electron chi connectivity index (χ0n) is 22.8. The summed E-state index contributed by atoms with van der Waals surface area (Å²) in [5, 5.41) is 0. The first-order valence-corrected chi connectivity index (χ1v) is 15.0. The fourth-order valence-corrected chi connectivity index (χ4v) is 5.71. The van der Waals surface area contributed by atoms with Gasteiger partial charge in [0.05, 0.1) is 18.5 Å². The van der Waals surface area contributed by atoms with E-state index in [4.69, 9.17) is 4.74 Å². The van der Waals surface area contributed by atoms with Gasteiger partial charge >= 0.3 is 0 Å². The molecular weight excluding hydrogens is 426 g/mol. The SMILES string of the molecule is CCCCCCCOc1ccc(-c2ccc(CCC3CCCC(CCCCCCC)C3)cc2)nc1. The highest BCUT2D eigenvalue weighted by molar-refractivity contribution is 5.59. The van der Waals surface area contributed by atoms with Crippen LogP contribution in [-0.2, 0) is 6.42 Å². The molecule has 0 N–H and O–H groups in total. The predicted molar refractivity (Wildman–Crippen MR) is 151 cm³/mol. The molecule has 2 unspecified atom stereocenters. The lowest BCUT2D eigenvalue weighted by Gasteiger charge is -2.29. The summed E-state index contributed by atoms with van der Waals surface area (Å²) in [6, 6.07) is 13.3. The topological polar surface area (TPSA) is 22.1 Å². The monoisotopic (exact) mass is 477 g/mol. The van der Waals surface area contributed by atoms with Gasteiger partial charge < -0.3 is 4.74 Å². The molecule has 0 saturated heterocycles. The lowest BCUT2D eigenvalue weighted by atomic mass is 9.77. The third-order valence-electron chi connectivity index (χ3n) is 7.95. The first kappa shape index (κ1) is 27.8. The highest BCUT2D eigenvalue weighted by Gasteiger charge is 2.21. The van der Waals surface area contributed by atoms with Crippen LogP contribution in [0.15, 0.2) is 42.6 Å². The van der Waals surface area contributed by atoms with Crippen LogP contribution in [0.4, 0.5) is 0 Å². The van der Waals surface area contributed by atoms with E-state index in [2.05, 4.69) is 55.2 Å². The summed E-state index contributed by atoms with van der Waals surface area (Å²) in [6.45, 7) is 5.35. The second-order valence-electron chi connectivity index (χ2n) is 11.0. The fourth-order valence-electron chi connectivity index (χ4n) is 5.71. The Balaban J connectivity index is 1.36. The molecule has 1 aliphatic carbocycles. The standard InChI is InChI=1S/C33H51NO/c1-3-5-7-9-11-14-29-15-13-16-30(26-29)18-17-28-19-21-31(22-20-28)33-24-23-32(27-34-33)35-25-12-10-8-6-4-2/h19-24,27,29-30H,3-18,25-26H2,1-2H3. The van der Waals surface area contributed by atoms with Crippen molar-refractivity contribution in [2.75, 3.05) is 6.61 Å². The molecule has 0 spiro atoms. The number of aryl methyl sites for hydroxylation is 1. The summed E-state index contributed by atoms with van der Waals surface area (Å²) in [5.41, 5.74) is 3.69. The van der Waals surface area contributed by atoms with Gasteiger partial charge in [-0.2, -0.15) is 0 Å². The number of aromatic nitrogens is 1. The van der Waals surface area contributed by atoms with Crippen molar-refractivity contribution in [3.8, 4) is 17.0 Å². The Bertz CT molecular complexity index is 782. The lowest BCUT2D eigenvalue weighted by Crippen LogP contribution is -2.16. The van der Waals surface area contributed by atoms with Crippen molar-refractivity contribution in [3.63, 3.8) is 0 Å². The van der Waals surface area contributed by atoms with Crippen LogP contribution in [0.1, 0.15) is 122 Å². The summed E-state index contributed by atoms with van der Waals surface area (Å²) in [5.74, 6) is 2.81. The summed E-state index contributed by atoms with van der Waals surface area (Å²) >= 11 is 0. The molecule has 0 amide bonds. The number of hydrogen-bond acceptors (Lipinski definition) is 2. The average Bonchev–Trinajstić information content (AvgIpc) is 2.90. The molecule has 2 nitrogen and oxygen atoms in total. The van der Waals surface area contributed by atoms with Gasteiger partial charge in [-0.15, -0.1) is 0 Å². The van der Waals surface area contributed by atoms with Gasteiger partial charge in [0.1, 0.15) is 5.75 Å². The third-order valence-corrected chi connectivity index (χ3v) is 7.95. The van der Waals surface area contributed by atoms with Crippen LogP contribution in [0.3, 0.4) is 0 Å². The number of hydrogen-bond donors (Lipinski definition) is 0. The van der Waals surface area contributed by atoms with Gasteiger partial charge in [0.2, 0.25) is 0 Å². The van der Waals surface area contributed by atoms with Crippen molar-refractivity contribution < 1.29 is 4.74 Å². The number of benzene rings is 1. The van der Waals surface area contributed by atoms with Crippen LogP contribution < -0.4 is 4.74 Å². The Labute approximate surface area is 216 Å². The minimum atomic E-state index is 0.792. The zero-order valence-corrected chi connectivity index (χ0v) is 22.8. The Kier molecular flexibility index (Phi) is 13.3. The van der Waals surface area contributed by atoms with Gasteiger partial charge in [0.15, 0.2) is 0 Å². The van der Waals surface area contributed by atoms with Crippen LogP contribution in [0.5, 0.6) is 5.75 Å². The van der Waals surface area contributed by atoms with E-state index in [-0.39, 0.29) is 0 Å². The first-order chi connectivity index (χ1) is 17.3. The van der Waals surface area contributed by atoms with Gasteiger partial charge in [-0.05, 0) is 55.2 Å². The average molecular weight is 478 g/mol. The molecular formula is C33H51NO. The molecule has 1 heterocycles. The molecule has 1 fully saturated rings. The predicted octanol–water partition coefficient (Wildman–Crippen LogP) is 10.2. The van der Waals surface area contributed by atoms with Crippen LogP contribution in [-0.4, -0.2) is 11.6 Å². The highest BCUT2D eigenvalue weighted by atomic mass is 16.5. The maximum Gasteiger partial charge on any atom is 0.137 e. The molecule has 2 aromatic rings. The second-order valence-corrected chi connectivity index (χ2v) is 11.0. The number of unbranched alkanes of at least 4 members (excludes halogenated alkanes) is 8. The van der Waals surface area contributed by atoms with Gasteiger partial charge in [-0.1, -0.05) is 122 Å². The van der Waals surface area contributed by atoms with E-state index in [1.54, 1.807) is 0 Å². The zero-order chi connectivity index (χ0) is 24.6. The van der Waals surface area contributed by atoms with E-state index in [0.29, 0.717) is 0 Å². The number of nitrogens with zero attached hydrogens (tertiary/aromatic N) is 1. The van der Waals surface area contributed by atoms with Crippen LogP contribution >= 0.6 is 0 Å². The normalized spacial score (nSPS) is 18.0. The molecule has 1 aromatic heterocycles. The van der Waals surface area contributed by atoms with Crippen LogP contribution in [0.2, 0.25) is 0 Å². The maximum atomic E-state index is 5.87. The van der Waals surface area contributed by atoms with E-state index in [9.17, 15) is 0 Å². The molecule has 1 saturated carbocycles. The Morgan fingerprint density at radius 1 is 0.743 bits per heavy atom. The molecule has 1 aromatic carbocycles. The Morgan fingerprint density at radius 2 is 1.43 bits per heavy atom. The summed E-state index contributed by atoms with van der Waals surface area (Å²) < 4.78 is 5.87. The van der Waals surface area contributed by atoms with Crippen molar-refractivity contribution in [1.29, 1.82) is 0 Å². The molecule has 0 radical (unpaired) electrons. The molecule has 0 aliphatic heterocycles. The van der Waals surface area contributed by atoms with E-state index in [1.807, 2.05) is 6.20 Å². The number of rotatable bonds is 17. The minimum Gasteiger partial charge on any atom is -0.492 e. The fraction of sp³-hybridized carbons (Fsp3) is 0.667. The molecule has 2 heteroatoms. The highest BCUT2D eigenvalue weighted by Crippen LogP contribution is 2.35. The Morgan fingerprint density at radius 3 is 2.11 bits per heavy atom. The van der Waals surface area contributed by atoms with Crippen molar-refractivity contribution in [2.24, 2.45) is 11.8 Å². The summed E-state index contributed by atoms with van der Waals surface area (Å²) in [7, 11) is 0. The smallest absolute Gasteiger partial charge is 0.137 e. The summed E-state index contributed by atoms with van der Waals surface area (Å²) in [4.78, 5) is 4.65. The molecule has 2 atom stereocenters. The quantitative estimate of drug-likeness (QED) is 0.211.